The second-order valence-corrected chi connectivity index (χ2v) is 4.84. The van der Waals surface area contributed by atoms with E-state index in [1.165, 1.54) is 0 Å². The van der Waals surface area contributed by atoms with Crippen molar-refractivity contribution < 1.29 is 9.84 Å². The van der Waals surface area contributed by atoms with Gasteiger partial charge in [-0.2, -0.15) is 5.10 Å². The Kier molecular flexibility index (Phi) is 3.59. The number of methoxy groups -OCH3 is 1. The minimum Gasteiger partial charge on any atom is -0.480 e. The molecule has 5 nitrogen and oxygen atoms in total. The molecule has 0 aliphatic carbocycles. The summed E-state index contributed by atoms with van der Waals surface area (Å²) < 4.78 is 4.97. The normalized spacial score (nSPS) is 20.2. The molecule has 94 valence electrons. The van der Waals surface area contributed by atoms with E-state index in [0.29, 0.717) is 5.88 Å². The highest BCUT2D eigenvalue weighted by Gasteiger charge is 2.27. The predicted octanol–water partition coefficient (Wildman–Crippen LogP) is 0.832. The Morgan fingerprint density at radius 3 is 2.59 bits per heavy atom. The highest BCUT2D eigenvalue weighted by Crippen LogP contribution is 2.22. The van der Waals surface area contributed by atoms with E-state index in [9.17, 15) is 5.11 Å². The molecule has 2 heterocycles. The molecule has 0 bridgehead atoms. The predicted molar refractivity (Wildman–Crippen MR) is 63.7 cm³/mol. The van der Waals surface area contributed by atoms with Crippen molar-refractivity contribution in [3.8, 4) is 5.88 Å². The minimum absolute atomic E-state index is 0.498. The SMILES string of the molecule is COc1ccc(CN2CCC(C)(O)CC2)nn1. The molecule has 5 heteroatoms. The van der Waals surface area contributed by atoms with Crippen molar-refractivity contribution in [3.05, 3.63) is 17.8 Å². The van der Waals surface area contributed by atoms with Crippen molar-refractivity contribution in [2.75, 3.05) is 20.2 Å². The summed E-state index contributed by atoms with van der Waals surface area (Å²) in [5, 5.41) is 17.9. The van der Waals surface area contributed by atoms with Crippen LogP contribution in [0.4, 0.5) is 0 Å². The summed E-state index contributed by atoms with van der Waals surface area (Å²) in [4.78, 5) is 2.29. The lowest BCUT2D eigenvalue weighted by Gasteiger charge is -2.35. The van der Waals surface area contributed by atoms with Crippen LogP contribution in [0.1, 0.15) is 25.5 Å². The number of hydrogen-bond donors (Lipinski definition) is 1. The van der Waals surface area contributed by atoms with Gasteiger partial charge in [-0.1, -0.05) is 0 Å². The van der Waals surface area contributed by atoms with E-state index >= 15 is 0 Å². The van der Waals surface area contributed by atoms with Gasteiger partial charge in [0.05, 0.1) is 18.4 Å². The van der Waals surface area contributed by atoms with Gasteiger partial charge in [0, 0.05) is 25.7 Å². The Morgan fingerprint density at radius 2 is 2.06 bits per heavy atom. The average molecular weight is 237 g/mol. The van der Waals surface area contributed by atoms with E-state index in [4.69, 9.17) is 4.74 Å². The quantitative estimate of drug-likeness (QED) is 0.844. The summed E-state index contributed by atoms with van der Waals surface area (Å²) >= 11 is 0. The van der Waals surface area contributed by atoms with Crippen LogP contribution in [0.2, 0.25) is 0 Å². The van der Waals surface area contributed by atoms with Gasteiger partial charge in [0.1, 0.15) is 0 Å². The maximum atomic E-state index is 9.86. The average Bonchev–Trinajstić information content (AvgIpc) is 2.33. The summed E-state index contributed by atoms with van der Waals surface area (Å²) in [5.41, 5.74) is 0.439. The van der Waals surface area contributed by atoms with Crippen molar-refractivity contribution in [3.63, 3.8) is 0 Å². The molecule has 1 aliphatic rings. The Hall–Kier alpha value is -1.20. The Morgan fingerprint density at radius 1 is 1.35 bits per heavy atom. The van der Waals surface area contributed by atoms with Crippen LogP contribution in [0, 0.1) is 0 Å². The number of aliphatic hydroxyl groups is 1. The van der Waals surface area contributed by atoms with Gasteiger partial charge in [-0.15, -0.1) is 5.10 Å². The standard InChI is InChI=1S/C12H19N3O2/c1-12(16)5-7-15(8-6-12)9-10-3-4-11(17-2)14-13-10/h3-4,16H,5-9H2,1-2H3. The first-order valence-corrected chi connectivity index (χ1v) is 5.90. The Bertz CT molecular complexity index is 355. The maximum absolute atomic E-state index is 9.86. The first kappa shape index (κ1) is 12.3. The van der Waals surface area contributed by atoms with Crippen molar-refractivity contribution in [2.45, 2.75) is 31.9 Å². The zero-order valence-electron chi connectivity index (χ0n) is 10.4. The molecule has 1 aliphatic heterocycles. The van der Waals surface area contributed by atoms with Gasteiger partial charge in [-0.3, -0.25) is 4.90 Å². The van der Waals surface area contributed by atoms with Crippen molar-refractivity contribution in [1.82, 2.24) is 15.1 Å². The van der Waals surface area contributed by atoms with Crippen molar-refractivity contribution in [2.24, 2.45) is 0 Å². The number of hydrogen-bond acceptors (Lipinski definition) is 5. The van der Waals surface area contributed by atoms with Gasteiger partial charge in [0.15, 0.2) is 0 Å². The van der Waals surface area contributed by atoms with Crippen LogP contribution in [0.5, 0.6) is 5.88 Å². The highest BCUT2D eigenvalue weighted by molar-refractivity contribution is 5.11. The summed E-state index contributed by atoms with van der Waals surface area (Å²) in [7, 11) is 1.58. The van der Waals surface area contributed by atoms with E-state index in [1.54, 1.807) is 7.11 Å². The Labute approximate surface area is 101 Å². The van der Waals surface area contributed by atoms with Crippen LogP contribution in [0.15, 0.2) is 12.1 Å². The second kappa shape index (κ2) is 4.98. The van der Waals surface area contributed by atoms with Gasteiger partial charge in [-0.25, -0.2) is 0 Å². The van der Waals surface area contributed by atoms with E-state index in [2.05, 4.69) is 15.1 Å². The molecule has 1 N–H and O–H groups in total. The van der Waals surface area contributed by atoms with Gasteiger partial charge < -0.3 is 9.84 Å². The number of aromatic nitrogens is 2. The van der Waals surface area contributed by atoms with Crippen molar-refractivity contribution >= 4 is 0 Å². The molecule has 1 aromatic rings. The molecule has 0 amide bonds. The lowest BCUT2D eigenvalue weighted by atomic mass is 9.94. The van der Waals surface area contributed by atoms with Gasteiger partial charge in [-0.05, 0) is 25.8 Å². The molecule has 0 radical (unpaired) electrons. The largest absolute Gasteiger partial charge is 0.480 e. The molecular weight excluding hydrogens is 218 g/mol. The molecule has 0 aromatic carbocycles. The lowest BCUT2D eigenvalue weighted by molar-refractivity contribution is -0.00763. The number of ether oxygens (including phenoxy) is 1. The molecule has 0 atom stereocenters. The van der Waals surface area contributed by atoms with E-state index in [1.807, 2.05) is 19.1 Å². The first-order chi connectivity index (χ1) is 8.09. The topological polar surface area (TPSA) is 58.5 Å². The lowest BCUT2D eigenvalue weighted by Crippen LogP contribution is -2.42. The first-order valence-electron chi connectivity index (χ1n) is 5.90. The van der Waals surface area contributed by atoms with Crippen LogP contribution in [-0.4, -0.2) is 46.0 Å². The van der Waals surface area contributed by atoms with Gasteiger partial charge >= 0.3 is 0 Å². The van der Waals surface area contributed by atoms with Crippen LogP contribution in [0.25, 0.3) is 0 Å². The molecule has 0 spiro atoms. The number of rotatable bonds is 3. The second-order valence-electron chi connectivity index (χ2n) is 4.84. The molecule has 0 unspecified atom stereocenters. The zero-order chi connectivity index (χ0) is 12.3. The van der Waals surface area contributed by atoms with Crippen LogP contribution in [-0.2, 0) is 6.54 Å². The number of piperidine rings is 1. The molecule has 17 heavy (non-hydrogen) atoms. The summed E-state index contributed by atoms with van der Waals surface area (Å²) in [6.07, 6.45) is 1.63. The minimum atomic E-state index is -0.498. The Balaban J connectivity index is 1.89. The third-order valence-electron chi connectivity index (χ3n) is 3.22. The fourth-order valence-corrected chi connectivity index (χ4v) is 1.96. The van der Waals surface area contributed by atoms with Crippen LogP contribution < -0.4 is 4.74 Å². The summed E-state index contributed by atoms with van der Waals surface area (Å²) in [5.74, 6) is 0.537. The molecule has 1 fully saturated rings. The smallest absolute Gasteiger partial charge is 0.233 e. The highest BCUT2D eigenvalue weighted by atomic mass is 16.5. The van der Waals surface area contributed by atoms with Crippen molar-refractivity contribution in [1.29, 1.82) is 0 Å². The van der Waals surface area contributed by atoms with Crippen LogP contribution >= 0.6 is 0 Å². The number of likely N-dealkylation sites (tertiary alicyclic amines) is 1. The van der Waals surface area contributed by atoms with Gasteiger partial charge in [0.2, 0.25) is 5.88 Å². The molecule has 0 saturated carbocycles. The fourth-order valence-electron chi connectivity index (χ4n) is 1.96. The molecule has 2 rings (SSSR count). The third kappa shape index (κ3) is 3.38. The molecule has 1 aromatic heterocycles. The van der Waals surface area contributed by atoms with E-state index in [-0.39, 0.29) is 0 Å². The summed E-state index contributed by atoms with van der Waals surface area (Å²) in [6, 6.07) is 3.75. The monoisotopic (exact) mass is 237 g/mol. The molecular formula is C12H19N3O2. The maximum Gasteiger partial charge on any atom is 0.233 e. The molecule has 1 saturated heterocycles. The third-order valence-corrected chi connectivity index (χ3v) is 3.22. The van der Waals surface area contributed by atoms with E-state index in [0.717, 1.165) is 38.2 Å². The van der Waals surface area contributed by atoms with Crippen LogP contribution in [0.3, 0.4) is 0 Å². The number of nitrogens with zero attached hydrogens (tertiary/aromatic N) is 3. The van der Waals surface area contributed by atoms with E-state index < -0.39 is 5.60 Å². The van der Waals surface area contributed by atoms with Gasteiger partial charge in [0.25, 0.3) is 0 Å². The zero-order valence-corrected chi connectivity index (χ0v) is 10.4. The summed E-state index contributed by atoms with van der Waals surface area (Å²) in [6.45, 7) is 4.49. The fraction of sp³-hybridized carbons (Fsp3) is 0.667.